The predicted molar refractivity (Wildman–Crippen MR) is 76.6 cm³/mol. The fraction of sp³-hybridized carbons (Fsp3) is 1.00. The Morgan fingerprint density at radius 3 is 2.43 bits per heavy atom. The molecule has 122 valence electrons. The molecule has 1 N–H and O–H groups in total. The first-order valence-corrected chi connectivity index (χ1v) is 8.30. The van der Waals surface area contributed by atoms with Gasteiger partial charge in [-0.1, -0.05) is 0 Å². The summed E-state index contributed by atoms with van der Waals surface area (Å²) in [5, 5.41) is 3.43. The van der Waals surface area contributed by atoms with Gasteiger partial charge >= 0.3 is 0 Å². The van der Waals surface area contributed by atoms with E-state index in [1.54, 1.807) is 0 Å². The first kappa shape index (κ1) is 15.6. The van der Waals surface area contributed by atoms with Crippen LogP contribution in [-0.4, -0.2) is 44.4 Å². The lowest BCUT2D eigenvalue weighted by Gasteiger charge is -2.44. The molecule has 2 aliphatic heterocycles. The summed E-state index contributed by atoms with van der Waals surface area (Å²) in [4.78, 5) is 0. The van der Waals surface area contributed by atoms with Crippen LogP contribution in [0, 0.1) is 11.8 Å². The number of hydrogen-bond donors (Lipinski definition) is 1. The molecule has 0 radical (unpaired) electrons. The zero-order valence-electron chi connectivity index (χ0n) is 12.9. The lowest BCUT2D eigenvalue weighted by atomic mass is 9.72. The zero-order chi connectivity index (χ0) is 14.9. The first-order chi connectivity index (χ1) is 10.0. The smallest absolute Gasteiger partial charge is 0.248 e. The second kappa shape index (κ2) is 6.09. The molecule has 3 nitrogen and oxygen atoms in total. The van der Waals surface area contributed by atoms with Crippen LogP contribution in [0.1, 0.15) is 44.9 Å². The Morgan fingerprint density at radius 1 is 1.05 bits per heavy atom. The van der Waals surface area contributed by atoms with Crippen LogP contribution in [-0.2, 0) is 9.47 Å². The zero-order valence-corrected chi connectivity index (χ0v) is 12.9. The summed E-state index contributed by atoms with van der Waals surface area (Å²) >= 11 is 0. The van der Waals surface area contributed by atoms with E-state index in [1.165, 1.54) is 0 Å². The molecule has 21 heavy (non-hydrogen) atoms. The first-order valence-electron chi connectivity index (χ1n) is 8.30. The van der Waals surface area contributed by atoms with Gasteiger partial charge in [-0.3, -0.25) is 0 Å². The maximum absolute atomic E-state index is 13.4. The largest absolute Gasteiger partial charge is 0.378 e. The van der Waals surface area contributed by atoms with Crippen molar-refractivity contribution < 1.29 is 18.3 Å². The van der Waals surface area contributed by atoms with Crippen molar-refractivity contribution in [3.8, 4) is 0 Å². The highest BCUT2D eigenvalue weighted by atomic mass is 19.3. The van der Waals surface area contributed by atoms with Gasteiger partial charge in [0.25, 0.3) is 0 Å². The molecule has 5 heteroatoms. The van der Waals surface area contributed by atoms with Gasteiger partial charge in [0.1, 0.15) is 0 Å². The molecule has 0 aromatic carbocycles. The topological polar surface area (TPSA) is 30.5 Å². The molecule has 2 heterocycles. The van der Waals surface area contributed by atoms with Gasteiger partial charge in [0.15, 0.2) is 0 Å². The highest BCUT2D eigenvalue weighted by Crippen LogP contribution is 2.43. The van der Waals surface area contributed by atoms with Crippen molar-refractivity contribution in [3.63, 3.8) is 0 Å². The molecular weight excluding hydrogens is 276 g/mol. The van der Waals surface area contributed by atoms with Gasteiger partial charge < -0.3 is 14.8 Å². The maximum atomic E-state index is 13.4. The van der Waals surface area contributed by atoms with Crippen LogP contribution in [0.5, 0.6) is 0 Å². The molecule has 3 fully saturated rings. The van der Waals surface area contributed by atoms with Crippen molar-refractivity contribution in [2.45, 2.75) is 62.5 Å². The van der Waals surface area contributed by atoms with E-state index in [9.17, 15) is 8.78 Å². The van der Waals surface area contributed by atoms with Crippen molar-refractivity contribution in [1.29, 1.82) is 0 Å². The average Bonchev–Trinajstić information content (AvgIpc) is 2.89. The monoisotopic (exact) mass is 303 g/mol. The normalized spacial score (nSPS) is 38.7. The summed E-state index contributed by atoms with van der Waals surface area (Å²) < 4.78 is 38.3. The van der Waals surface area contributed by atoms with E-state index in [-0.39, 0.29) is 18.4 Å². The fourth-order valence-electron chi connectivity index (χ4n) is 4.51. The Kier molecular flexibility index (Phi) is 4.53. The number of hydrogen-bond acceptors (Lipinski definition) is 3. The summed E-state index contributed by atoms with van der Waals surface area (Å²) in [6.45, 7) is 2.25. The second-order valence-corrected chi connectivity index (χ2v) is 7.09. The third-order valence-electron chi connectivity index (χ3n) is 5.71. The van der Waals surface area contributed by atoms with Crippen LogP contribution in [0.2, 0.25) is 0 Å². The van der Waals surface area contributed by atoms with Crippen LogP contribution >= 0.6 is 0 Å². The second-order valence-electron chi connectivity index (χ2n) is 7.09. The molecule has 2 saturated heterocycles. The Bertz CT molecular complexity index is 348. The van der Waals surface area contributed by atoms with E-state index < -0.39 is 5.92 Å². The molecule has 1 saturated carbocycles. The van der Waals surface area contributed by atoms with Crippen molar-refractivity contribution in [2.75, 3.05) is 26.9 Å². The van der Waals surface area contributed by atoms with E-state index in [4.69, 9.17) is 9.47 Å². The highest BCUT2D eigenvalue weighted by Gasteiger charge is 2.45. The Balaban J connectivity index is 1.63. The van der Waals surface area contributed by atoms with Crippen molar-refractivity contribution in [1.82, 2.24) is 5.32 Å². The highest BCUT2D eigenvalue weighted by molar-refractivity contribution is 4.96. The summed E-state index contributed by atoms with van der Waals surface area (Å²) in [6, 6.07) is 0.336. The van der Waals surface area contributed by atoms with Gasteiger partial charge in [0.2, 0.25) is 5.92 Å². The minimum Gasteiger partial charge on any atom is -0.378 e. The van der Waals surface area contributed by atoms with Crippen LogP contribution in [0.3, 0.4) is 0 Å². The Hall–Kier alpha value is -0.260. The third kappa shape index (κ3) is 3.40. The summed E-state index contributed by atoms with van der Waals surface area (Å²) in [5.74, 6) is -1.55. The molecule has 3 rings (SSSR count). The molecule has 0 aromatic rings. The molecule has 3 atom stereocenters. The molecule has 3 unspecified atom stereocenters. The number of ether oxygens (including phenoxy) is 2. The standard InChI is InChI=1S/C16H27F2NO2/c1-19-14(12-2-5-16(17,18)6-3-12)13-4-8-21-15(10-13)7-9-20-11-15/h12-14,19H,2-11H2,1H3. The lowest BCUT2D eigenvalue weighted by molar-refractivity contribution is -0.110. The number of rotatable bonds is 3. The molecule has 1 aliphatic carbocycles. The number of nitrogens with one attached hydrogen (secondary N) is 1. The summed E-state index contributed by atoms with van der Waals surface area (Å²) in [7, 11) is 1.98. The Labute approximate surface area is 125 Å². The van der Waals surface area contributed by atoms with Crippen LogP contribution in [0.4, 0.5) is 8.78 Å². The van der Waals surface area contributed by atoms with Gasteiger partial charge in [-0.2, -0.15) is 0 Å². The minimum atomic E-state index is -2.44. The molecular formula is C16H27F2NO2. The van der Waals surface area contributed by atoms with E-state index in [1.807, 2.05) is 7.05 Å². The average molecular weight is 303 g/mol. The minimum absolute atomic E-state index is 0.0489. The van der Waals surface area contributed by atoms with Gasteiger partial charge in [0.05, 0.1) is 12.2 Å². The van der Waals surface area contributed by atoms with E-state index in [2.05, 4.69) is 5.32 Å². The van der Waals surface area contributed by atoms with Crippen LogP contribution in [0.15, 0.2) is 0 Å². The van der Waals surface area contributed by atoms with Crippen LogP contribution in [0.25, 0.3) is 0 Å². The predicted octanol–water partition coefficient (Wildman–Crippen LogP) is 2.99. The quantitative estimate of drug-likeness (QED) is 0.869. The summed E-state index contributed by atoms with van der Waals surface area (Å²) in [6.07, 6.45) is 4.38. The number of halogens is 2. The molecule has 1 spiro atoms. The van der Waals surface area contributed by atoms with Crippen LogP contribution < -0.4 is 5.32 Å². The van der Waals surface area contributed by atoms with Crippen molar-refractivity contribution >= 4 is 0 Å². The SMILES string of the molecule is CNC(C1CCC(F)(F)CC1)C1CCOC2(CCOC2)C1. The van der Waals surface area contributed by atoms with Gasteiger partial charge in [-0.15, -0.1) is 0 Å². The summed E-state index contributed by atoms with van der Waals surface area (Å²) in [5.41, 5.74) is -0.101. The van der Waals surface area contributed by atoms with E-state index in [0.29, 0.717) is 37.3 Å². The fourth-order valence-corrected chi connectivity index (χ4v) is 4.51. The lowest BCUT2D eigenvalue weighted by Crippen LogP contribution is -2.50. The molecule has 3 aliphatic rings. The van der Waals surface area contributed by atoms with Crippen molar-refractivity contribution in [3.05, 3.63) is 0 Å². The molecule has 0 bridgehead atoms. The van der Waals surface area contributed by atoms with Gasteiger partial charge in [-0.25, -0.2) is 8.78 Å². The van der Waals surface area contributed by atoms with Gasteiger partial charge in [-0.05, 0) is 44.6 Å². The number of alkyl halides is 2. The third-order valence-corrected chi connectivity index (χ3v) is 5.71. The Morgan fingerprint density at radius 2 is 1.81 bits per heavy atom. The van der Waals surface area contributed by atoms with Crippen molar-refractivity contribution in [2.24, 2.45) is 11.8 Å². The van der Waals surface area contributed by atoms with E-state index >= 15 is 0 Å². The molecule has 0 amide bonds. The maximum Gasteiger partial charge on any atom is 0.248 e. The van der Waals surface area contributed by atoms with Gasteiger partial charge in [0, 0.05) is 38.5 Å². The molecule has 0 aromatic heterocycles. The van der Waals surface area contributed by atoms with E-state index in [0.717, 1.165) is 32.5 Å².